The Balaban J connectivity index is 2.29. The third kappa shape index (κ3) is 2.90. The summed E-state index contributed by atoms with van der Waals surface area (Å²) in [6.45, 7) is 6.12. The van der Waals surface area contributed by atoms with E-state index in [2.05, 4.69) is 19.7 Å². The van der Waals surface area contributed by atoms with Crippen LogP contribution in [0.25, 0.3) is 0 Å². The number of nitrogens with one attached hydrogen (secondary N) is 1. The Morgan fingerprint density at radius 1 is 1.26 bits per heavy atom. The predicted octanol–water partition coefficient (Wildman–Crippen LogP) is 1.11. The van der Waals surface area contributed by atoms with Gasteiger partial charge in [0.05, 0.1) is 18.1 Å². The molecule has 2 aromatic rings. The molecule has 8 heteroatoms. The molecule has 0 saturated carbocycles. The van der Waals surface area contributed by atoms with E-state index in [1.54, 1.807) is 18.4 Å². The van der Waals surface area contributed by atoms with E-state index in [1.165, 1.54) is 18.6 Å². The summed E-state index contributed by atoms with van der Waals surface area (Å²) in [6, 6.07) is 0. The number of aromatic nitrogens is 4. The Morgan fingerprint density at radius 2 is 2.00 bits per heavy atom. The number of hydrogen-bond acceptors (Lipinski definition) is 5. The van der Waals surface area contributed by atoms with Gasteiger partial charge in [-0.3, -0.25) is 9.71 Å². The molecule has 2 aromatic heterocycles. The molecule has 0 bridgehead atoms. The van der Waals surface area contributed by atoms with Crippen molar-refractivity contribution in [3.8, 4) is 0 Å². The quantitative estimate of drug-likeness (QED) is 0.906. The van der Waals surface area contributed by atoms with E-state index >= 15 is 0 Å². The van der Waals surface area contributed by atoms with E-state index in [0.29, 0.717) is 18.1 Å². The highest BCUT2D eigenvalue weighted by Gasteiger charge is 2.19. The molecular formula is C11H15N5O2S. The molecule has 0 aliphatic carbocycles. The number of rotatable bonds is 4. The molecule has 0 spiro atoms. The average Bonchev–Trinajstić information content (AvgIpc) is 2.74. The van der Waals surface area contributed by atoms with Gasteiger partial charge in [-0.2, -0.15) is 8.42 Å². The van der Waals surface area contributed by atoms with Crippen molar-refractivity contribution in [1.82, 2.24) is 19.5 Å². The second kappa shape index (κ2) is 4.96. The summed E-state index contributed by atoms with van der Waals surface area (Å²) >= 11 is 0. The topological polar surface area (TPSA) is 89.8 Å². The number of imidazole rings is 1. The zero-order valence-electron chi connectivity index (χ0n) is 11.0. The van der Waals surface area contributed by atoms with Gasteiger partial charge in [-0.15, -0.1) is 0 Å². The molecule has 0 aromatic carbocycles. The van der Waals surface area contributed by atoms with Crippen molar-refractivity contribution in [2.75, 3.05) is 4.72 Å². The first-order valence-corrected chi connectivity index (χ1v) is 7.26. The third-order valence-electron chi connectivity index (χ3n) is 2.59. The van der Waals surface area contributed by atoms with Gasteiger partial charge in [0.2, 0.25) is 0 Å². The van der Waals surface area contributed by atoms with Crippen LogP contribution >= 0.6 is 0 Å². The summed E-state index contributed by atoms with van der Waals surface area (Å²) in [7, 11) is -3.72. The molecule has 0 aliphatic heterocycles. The Kier molecular flexibility index (Phi) is 3.52. The average molecular weight is 281 g/mol. The normalized spacial score (nSPS) is 11.5. The van der Waals surface area contributed by atoms with Gasteiger partial charge in [0.1, 0.15) is 5.82 Å². The maximum atomic E-state index is 12.1. The van der Waals surface area contributed by atoms with Crippen LogP contribution in [0, 0.1) is 13.8 Å². The molecule has 2 rings (SSSR count). The van der Waals surface area contributed by atoms with Crippen molar-refractivity contribution in [2.45, 2.75) is 32.3 Å². The molecule has 2 heterocycles. The van der Waals surface area contributed by atoms with Crippen LogP contribution < -0.4 is 4.72 Å². The van der Waals surface area contributed by atoms with Gasteiger partial charge >= 0.3 is 0 Å². The van der Waals surface area contributed by atoms with Gasteiger partial charge in [0.15, 0.2) is 10.8 Å². The van der Waals surface area contributed by atoms with Crippen molar-refractivity contribution in [3.63, 3.8) is 0 Å². The van der Waals surface area contributed by atoms with Crippen LogP contribution in [0.15, 0.2) is 23.6 Å². The van der Waals surface area contributed by atoms with E-state index in [4.69, 9.17) is 0 Å². The second-order valence-electron chi connectivity index (χ2n) is 4.06. The highest BCUT2D eigenvalue weighted by atomic mass is 32.2. The lowest BCUT2D eigenvalue weighted by molar-refractivity contribution is 0.597. The Hall–Kier alpha value is -1.96. The van der Waals surface area contributed by atoms with E-state index in [-0.39, 0.29) is 10.8 Å². The molecule has 0 radical (unpaired) electrons. The van der Waals surface area contributed by atoms with Crippen molar-refractivity contribution in [2.24, 2.45) is 0 Å². The fourth-order valence-corrected chi connectivity index (χ4v) is 2.57. The van der Waals surface area contributed by atoms with E-state index < -0.39 is 10.0 Å². The van der Waals surface area contributed by atoms with Gasteiger partial charge in [-0.05, 0) is 20.8 Å². The van der Waals surface area contributed by atoms with Gasteiger partial charge < -0.3 is 4.57 Å². The number of sulfonamides is 1. The highest BCUT2D eigenvalue weighted by Crippen LogP contribution is 2.13. The van der Waals surface area contributed by atoms with Crippen molar-refractivity contribution < 1.29 is 8.42 Å². The summed E-state index contributed by atoms with van der Waals surface area (Å²) in [5, 5.41) is -0.0192. The van der Waals surface area contributed by atoms with Crippen LogP contribution in [-0.4, -0.2) is 27.9 Å². The maximum Gasteiger partial charge on any atom is 0.282 e. The lowest BCUT2D eigenvalue weighted by atomic mass is 10.5. The number of hydrogen-bond donors (Lipinski definition) is 1. The first-order valence-electron chi connectivity index (χ1n) is 5.77. The molecular weight excluding hydrogens is 266 g/mol. The van der Waals surface area contributed by atoms with Crippen molar-refractivity contribution in [1.29, 1.82) is 0 Å². The zero-order chi connectivity index (χ0) is 14.0. The SMILES string of the molecule is CCn1cc(S(=O)(=O)Nc2cnc(C)cn2)nc1C. The molecule has 7 nitrogen and oxygen atoms in total. The highest BCUT2D eigenvalue weighted by molar-refractivity contribution is 7.92. The van der Waals surface area contributed by atoms with Crippen LogP contribution in [0.2, 0.25) is 0 Å². The second-order valence-corrected chi connectivity index (χ2v) is 5.69. The van der Waals surface area contributed by atoms with Gasteiger partial charge in [0.25, 0.3) is 10.0 Å². The summed E-state index contributed by atoms with van der Waals surface area (Å²) in [4.78, 5) is 12.0. The monoisotopic (exact) mass is 281 g/mol. The van der Waals surface area contributed by atoms with E-state index in [9.17, 15) is 8.42 Å². The lowest BCUT2D eigenvalue weighted by Crippen LogP contribution is -2.14. The minimum absolute atomic E-state index is 0.0192. The molecule has 102 valence electrons. The Bertz CT molecular complexity index is 676. The molecule has 0 unspecified atom stereocenters. The number of aryl methyl sites for hydroxylation is 3. The van der Waals surface area contributed by atoms with Gasteiger partial charge in [-0.25, -0.2) is 9.97 Å². The van der Waals surface area contributed by atoms with Crippen LogP contribution in [0.3, 0.4) is 0 Å². The van der Waals surface area contributed by atoms with E-state index in [1.807, 2.05) is 6.92 Å². The molecule has 1 N–H and O–H groups in total. The van der Waals surface area contributed by atoms with Crippen LogP contribution in [0.1, 0.15) is 18.4 Å². The summed E-state index contributed by atoms with van der Waals surface area (Å²) in [5.74, 6) is 0.826. The molecule has 19 heavy (non-hydrogen) atoms. The van der Waals surface area contributed by atoms with E-state index in [0.717, 1.165) is 0 Å². The zero-order valence-corrected chi connectivity index (χ0v) is 11.8. The first-order chi connectivity index (χ1) is 8.92. The Labute approximate surface area is 111 Å². The standard InChI is InChI=1S/C11H15N5O2S/c1-4-16-7-11(14-9(16)3)19(17,18)15-10-6-12-8(2)5-13-10/h5-7H,4H2,1-3H3,(H,13,15). The summed E-state index contributed by atoms with van der Waals surface area (Å²) in [5.41, 5.74) is 0.717. The maximum absolute atomic E-state index is 12.1. The van der Waals surface area contributed by atoms with Gasteiger partial charge in [0, 0.05) is 12.7 Å². The fourth-order valence-electron chi connectivity index (χ4n) is 1.56. The summed E-state index contributed by atoms with van der Waals surface area (Å²) < 4.78 is 28.3. The summed E-state index contributed by atoms with van der Waals surface area (Å²) in [6.07, 6.45) is 4.36. The minimum atomic E-state index is -3.72. The number of nitrogens with zero attached hydrogens (tertiary/aromatic N) is 4. The van der Waals surface area contributed by atoms with Crippen LogP contribution in [0.4, 0.5) is 5.82 Å². The van der Waals surface area contributed by atoms with Crippen molar-refractivity contribution >= 4 is 15.8 Å². The van der Waals surface area contributed by atoms with Crippen LogP contribution in [0.5, 0.6) is 0 Å². The third-order valence-corrected chi connectivity index (χ3v) is 3.82. The molecule has 0 atom stereocenters. The fraction of sp³-hybridized carbons (Fsp3) is 0.364. The smallest absolute Gasteiger partial charge is 0.282 e. The number of anilines is 1. The van der Waals surface area contributed by atoms with Gasteiger partial charge in [-0.1, -0.05) is 0 Å². The molecule has 0 aliphatic rings. The van der Waals surface area contributed by atoms with Crippen LogP contribution in [-0.2, 0) is 16.6 Å². The molecule has 0 amide bonds. The Morgan fingerprint density at radius 3 is 2.53 bits per heavy atom. The largest absolute Gasteiger partial charge is 0.334 e. The van der Waals surface area contributed by atoms with Crippen molar-refractivity contribution in [3.05, 3.63) is 30.1 Å². The minimum Gasteiger partial charge on any atom is -0.334 e. The lowest BCUT2D eigenvalue weighted by Gasteiger charge is -2.04. The molecule has 0 fully saturated rings. The predicted molar refractivity (Wildman–Crippen MR) is 70.2 cm³/mol. The molecule has 0 saturated heterocycles. The first kappa shape index (κ1) is 13.5.